The monoisotopic (exact) mass is 247 g/mol. The summed E-state index contributed by atoms with van der Waals surface area (Å²) in [5.41, 5.74) is 0. The van der Waals surface area contributed by atoms with Gasteiger partial charge in [-0.25, -0.2) is 0 Å². The van der Waals surface area contributed by atoms with Crippen LogP contribution in [0.2, 0.25) is 4.47 Å². The van der Waals surface area contributed by atoms with Crippen molar-refractivity contribution in [2.45, 2.75) is 25.5 Å². The molecule has 0 bridgehead atoms. The highest BCUT2D eigenvalue weighted by atomic mass is 35.5. The Hall–Kier alpha value is -0.230. The van der Waals surface area contributed by atoms with Crippen LogP contribution in [0.15, 0.2) is 0 Å². The van der Waals surface area contributed by atoms with Crippen molar-refractivity contribution in [2.24, 2.45) is 0 Å². The summed E-state index contributed by atoms with van der Waals surface area (Å²) >= 11 is 7.15. The molecule has 0 radical (unpaired) electrons. The van der Waals surface area contributed by atoms with Crippen molar-refractivity contribution >= 4 is 22.9 Å². The standard InChI is InChI=1S/C9H14ClN3OS/c1-13(5-7-3-2-4-14-7)6-8-11-12-9(10)15-8/h7H,2-6H2,1H3. The summed E-state index contributed by atoms with van der Waals surface area (Å²) in [6.45, 7) is 2.66. The van der Waals surface area contributed by atoms with Gasteiger partial charge in [-0.15, -0.1) is 10.2 Å². The number of likely N-dealkylation sites (N-methyl/N-ethyl adjacent to an activating group) is 1. The van der Waals surface area contributed by atoms with Crippen molar-refractivity contribution in [3.8, 4) is 0 Å². The molecule has 1 unspecified atom stereocenters. The van der Waals surface area contributed by atoms with Gasteiger partial charge < -0.3 is 4.74 Å². The first-order chi connectivity index (χ1) is 7.24. The van der Waals surface area contributed by atoms with E-state index < -0.39 is 0 Å². The van der Waals surface area contributed by atoms with Crippen molar-refractivity contribution in [1.82, 2.24) is 15.1 Å². The molecular formula is C9H14ClN3OS. The number of hydrogen-bond acceptors (Lipinski definition) is 5. The molecule has 0 spiro atoms. The van der Waals surface area contributed by atoms with Gasteiger partial charge in [0.25, 0.3) is 0 Å². The maximum Gasteiger partial charge on any atom is 0.207 e. The summed E-state index contributed by atoms with van der Waals surface area (Å²) < 4.78 is 6.08. The van der Waals surface area contributed by atoms with Crippen LogP contribution in [0.3, 0.4) is 0 Å². The van der Waals surface area contributed by atoms with Crippen LogP contribution in [0.5, 0.6) is 0 Å². The van der Waals surface area contributed by atoms with E-state index in [0.717, 1.165) is 24.7 Å². The first-order valence-electron chi connectivity index (χ1n) is 5.02. The molecule has 1 aliphatic heterocycles. The van der Waals surface area contributed by atoms with Crippen molar-refractivity contribution in [3.05, 3.63) is 9.47 Å². The summed E-state index contributed by atoms with van der Waals surface area (Å²) in [6, 6.07) is 0. The molecule has 0 aromatic carbocycles. The van der Waals surface area contributed by atoms with Crippen LogP contribution < -0.4 is 0 Å². The highest BCUT2D eigenvalue weighted by Gasteiger charge is 2.17. The van der Waals surface area contributed by atoms with E-state index in [2.05, 4.69) is 22.1 Å². The van der Waals surface area contributed by atoms with Crippen molar-refractivity contribution in [1.29, 1.82) is 0 Å². The molecule has 1 atom stereocenters. The van der Waals surface area contributed by atoms with Gasteiger partial charge in [0.1, 0.15) is 5.01 Å². The lowest BCUT2D eigenvalue weighted by atomic mass is 10.2. The second-order valence-electron chi connectivity index (χ2n) is 3.78. The number of aromatic nitrogens is 2. The smallest absolute Gasteiger partial charge is 0.207 e. The molecule has 84 valence electrons. The Morgan fingerprint density at radius 2 is 2.47 bits per heavy atom. The summed E-state index contributed by atoms with van der Waals surface area (Å²) in [4.78, 5) is 2.20. The van der Waals surface area contributed by atoms with Crippen LogP contribution in [-0.4, -0.2) is 41.4 Å². The first kappa shape index (κ1) is 11.3. The predicted octanol–water partition coefficient (Wildman–Crippen LogP) is 1.80. The third-order valence-electron chi connectivity index (χ3n) is 2.39. The van der Waals surface area contributed by atoms with Gasteiger partial charge in [0.2, 0.25) is 4.47 Å². The molecule has 0 N–H and O–H groups in total. The fourth-order valence-corrected chi connectivity index (χ4v) is 2.68. The molecule has 0 amide bonds. The van der Waals surface area contributed by atoms with Crippen molar-refractivity contribution < 1.29 is 4.74 Å². The Kier molecular flexibility index (Phi) is 3.91. The van der Waals surface area contributed by atoms with Crippen LogP contribution in [0.4, 0.5) is 0 Å². The molecule has 2 rings (SSSR count). The Morgan fingerprint density at radius 1 is 1.60 bits per heavy atom. The van der Waals surface area contributed by atoms with Crippen molar-refractivity contribution in [2.75, 3.05) is 20.2 Å². The number of ether oxygens (including phenoxy) is 1. The minimum Gasteiger partial charge on any atom is -0.377 e. The van der Waals surface area contributed by atoms with E-state index in [-0.39, 0.29) is 0 Å². The first-order valence-corrected chi connectivity index (χ1v) is 6.21. The van der Waals surface area contributed by atoms with E-state index in [1.54, 1.807) is 0 Å². The number of hydrogen-bond donors (Lipinski definition) is 0. The van der Waals surface area contributed by atoms with Gasteiger partial charge in [-0.05, 0) is 31.5 Å². The quantitative estimate of drug-likeness (QED) is 0.813. The lowest BCUT2D eigenvalue weighted by Crippen LogP contribution is -2.28. The normalized spacial score (nSPS) is 21.4. The number of nitrogens with zero attached hydrogens (tertiary/aromatic N) is 3. The summed E-state index contributed by atoms with van der Waals surface area (Å²) in [7, 11) is 2.07. The Balaban J connectivity index is 1.78. The van der Waals surface area contributed by atoms with Gasteiger partial charge in [-0.1, -0.05) is 11.3 Å². The van der Waals surface area contributed by atoms with Gasteiger partial charge >= 0.3 is 0 Å². The molecule has 1 aromatic heterocycles. The SMILES string of the molecule is CN(Cc1nnc(Cl)s1)CC1CCCO1. The largest absolute Gasteiger partial charge is 0.377 e. The minimum atomic E-state index is 0.387. The van der Waals surface area contributed by atoms with Gasteiger partial charge in [0.15, 0.2) is 0 Å². The molecule has 4 nitrogen and oxygen atoms in total. The second-order valence-corrected chi connectivity index (χ2v) is 5.42. The third-order valence-corrected chi connectivity index (χ3v) is 3.39. The van der Waals surface area contributed by atoms with E-state index >= 15 is 0 Å². The van der Waals surface area contributed by atoms with E-state index in [9.17, 15) is 0 Å². The average molecular weight is 248 g/mol. The minimum absolute atomic E-state index is 0.387. The lowest BCUT2D eigenvalue weighted by Gasteiger charge is -2.18. The molecule has 0 aliphatic carbocycles. The molecule has 1 fully saturated rings. The van der Waals surface area contributed by atoms with Crippen LogP contribution in [0.25, 0.3) is 0 Å². The zero-order valence-electron chi connectivity index (χ0n) is 8.65. The fraction of sp³-hybridized carbons (Fsp3) is 0.778. The molecule has 6 heteroatoms. The second kappa shape index (κ2) is 5.21. The van der Waals surface area contributed by atoms with E-state index in [4.69, 9.17) is 16.3 Å². The van der Waals surface area contributed by atoms with Crippen molar-refractivity contribution in [3.63, 3.8) is 0 Å². The zero-order valence-corrected chi connectivity index (χ0v) is 10.2. The Labute approximate surface area is 98.2 Å². The van der Waals surface area contributed by atoms with E-state index in [1.165, 1.54) is 24.2 Å². The third kappa shape index (κ3) is 3.38. The number of rotatable bonds is 4. The Bertz CT molecular complexity index is 314. The van der Waals surface area contributed by atoms with Gasteiger partial charge in [-0.2, -0.15) is 0 Å². The summed E-state index contributed by atoms with van der Waals surface area (Å²) in [6.07, 6.45) is 2.74. The molecular weight excluding hydrogens is 234 g/mol. The van der Waals surface area contributed by atoms with Crippen LogP contribution in [0, 0.1) is 0 Å². The maximum absolute atomic E-state index is 5.72. The topological polar surface area (TPSA) is 38.2 Å². The van der Waals surface area contributed by atoms with E-state index in [0.29, 0.717) is 10.6 Å². The molecule has 0 saturated carbocycles. The van der Waals surface area contributed by atoms with E-state index in [1.807, 2.05) is 0 Å². The summed E-state index contributed by atoms with van der Waals surface area (Å²) in [5, 5.41) is 8.72. The van der Waals surface area contributed by atoms with Crippen LogP contribution in [0.1, 0.15) is 17.8 Å². The molecule has 1 aliphatic rings. The number of halogens is 1. The van der Waals surface area contributed by atoms with Gasteiger partial charge in [0.05, 0.1) is 12.6 Å². The van der Waals surface area contributed by atoms with Crippen LogP contribution in [-0.2, 0) is 11.3 Å². The predicted molar refractivity (Wildman–Crippen MR) is 60.2 cm³/mol. The molecule has 1 saturated heterocycles. The summed E-state index contributed by atoms with van der Waals surface area (Å²) in [5.74, 6) is 0. The van der Waals surface area contributed by atoms with Gasteiger partial charge in [-0.3, -0.25) is 4.90 Å². The maximum atomic E-state index is 5.72. The highest BCUT2D eigenvalue weighted by molar-refractivity contribution is 7.15. The van der Waals surface area contributed by atoms with Crippen LogP contribution >= 0.6 is 22.9 Å². The average Bonchev–Trinajstić information content (AvgIpc) is 2.77. The highest BCUT2D eigenvalue weighted by Crippen LogP contribution is 2.17. The molecule has 1 aromatic rings. The lowest BCUT2D eigenvalue weighted by molar-refractivity contribution is 0.0792. The molecule has 2 heterocycles. The Morgan fingerprint density at radius 3 is 3.07 bits per heavy atom. The zero-order chi connectivity index (χ0) is 10.7. The van der Waals surface area contributed by atoms with Gasteiger partial charge in [0, 0.05) is 13.2 Å². The fourth-order valence-electron chi connectivity index (χ4n) is 1.73. The molecule has 15 heavy (non-hydrogen) atoms.